The van der Waals surface area contributed by atoms with Crippen LogP contribution in [0, 0.1) is 0 Å². The molecule has 0 spiro atoms. The van der Waals surface area contributed by atoms with Gasteiger partial charge in [-0.2, -0.15) is 0 Å². The lowest BCUT2D eigenvalue weighted by atomic mass is 10.1. The number of benzene rings is 1. The van der Waals surface area contributed by atoms with E-state index in [1.54, 1.807) is 18.2 Å². The van der Waals surface area contributed by atoms with Crippen molar-refractivity contribution < 1.29 is 9.59 Å². The van der Waals surface area contributed by atoms with Crippen LogP contribution in [-0.4, -0.2) is 17.4 Å². The predicted molar refractivity (Wildman–Crippen MR) is 63.2 cm³/mol. The topological polar surface area (TPSA) is 89.4 Å². The third kappa shape index (κ3) is 1.43. The van der Waals surface area contributed by atoms with Gasteiger partial charge in [0.05, 0.1) is 17.6 Å². The van der Waals surface area contributed by atoms with Gasteiger partial charge < -0.3 is 11.5 Å². The van der Waals surface area contributed by atoms with Crippen LogP contribution in [0.25, 0.3) is 0 Å². The molecule has 0 radical (unpaired) electrons. The predicted octanol–water partition coefficient (Wildman–Crippen LogP) is 0.176. The summed E-state index contributed by atoms with van der Waals surface area (Å²) >= 11 is 0. The maximum Gasteiger partial charge on any atom is 0.253 e. The first-order chi connectivity index (χ1) is 8.01. The second-order valence-electron chi connectivity index (χ2n) is 4.76. The molecule has 1 aliphatic carbocycles. The highest BCUT2D eigenvalue weighted by atomic mass is 16.2. The van der Waals surface area contributed by atoms with Crippen molar-refractivity contribution in [2.75, 3.05) is 10.6 Å². The molecule has 1 heterocycles. The van der Waals surface area contributed by atoms with Gasteiger partial charge in [0.25, 0.3) is 5.91 Å². The Balaban J connectivity index is 2.02. The van der Waals surface area contributed by atoms with Crippen molar-refractivity contribution in [3.8, 4) is 0 Å². The number of carbonyl (C=O) groups is 2. The first-order valence-corrected chi connectivity index (χ1v) is 5.56. The zero-order chi connectivity index (χ0) is 12.2. The summed E-state index contributed by atoms with van der Waals surface area (Å²) < 4.78 is 0. The van der Waals surface area contributed by atoms with Gasteiger partial charge in [-0.3, -0.25) is 9.59 Å². The summed E-state index contributed by atoms with van der Waals surface area (Å²) in [5.74, 6) is -0.502. The second kappa shape index (κ2) is 3.07. The monoisotopic (exact) mass is 231 g/mol. The molecule has 0 unspecified atom stereocenters. The van der Waals surface area contributed by atoms with Crippen molar-refractivity contribution in [3.05, 3.63) is 23.8 Å². The fourth-order valence-corrected chi connectivity index (χ4v) is 2.14. The number of hydrogen-bond acceptors (Lipinski definition) is 4. The number of nitrogens with zero attached hydrogens (tertiary/aromatic N) is 1. The number of imide groups is 1. The molecule has 17 heavy (non-hydrogen) atoms. The molecule has 1 saturated carbocycles. The van der Waals surface area contributed by atoms with Crippen LogP contribution in [0.1, 0.15) is 18.4 Å². The van der Waals surface area contributed by atoms with E-state index >= 15 is 0 Å². The van der Waals surface area contributed by atoms with E-state index in [4.69, 9.17) is 11.5 Å². The smallest absolute Gasteiger partial charge is 0.253 e. The Hall–Kier alpha value is -1.88. The fourth-order valence-electron chi connectivity index (χ4n) is 2.14. The maximum absolute atomic E-state index is 12.1. The van der Waals surface area contributed by atoms with Gasteiger partial charge in [0.2, 0.25) is 5.91 Å². The molecular weight excluding hydrogens is 218 g/mol. The molecule has 5 heteroatoms. The van der Waals surface area contributed by atoms with E-state index in [1.807, 2.05) is 0 Å². The van der Waals surface area contributed by atoms with E-state index < -0.39 is 5.54 Å². The summed E-state index contributed by atoms with van der Waals surface area (Å²) in [5, 5.41) is 0. The van der Waals surface area contributed by atoms with E-state index in [0.717, 1.165) is 5.56 Å². The van der Waals surface area contributed by atoms with Crippen LogP contribution < -0.4 is 16.4 Å². The molecule has 2 amide bonds. The standard InChI is InChI=1S/C12H13N3O2/c13-8-1-2-9-7(5-8)6-10(16)15(9)11(17)12(14)3-4-12/h1-2,5H,3-4,6,13-14H2. The van der Waals surface area contributed by atoms with Crippen molar-refractivity contribution in [2.45, 2.75) is 24.8 Å². The maximum atomic E-state index is 12.1. The molecule has 3 rings (SSSR count). The largest absolute Gasteiger partial charge is 0.399 e. The van der Waals surface area contributed by atoms with Crippen LogP contribution >= 0.6 is 0 Å². The Morgan fingerprint density at radius 2 is 2.06 bits per heavy atom. The molecule has 88 valence electrons. The molecule has 1 aromatic rings. The lowest BCUT2D eigenvalue weighted by Gasteiger charge is -2.19. The lowest BCUT2D eigenvalue weighted by molar-refractivity contribution is -0.126. The average Bonchev–Trinajstić information content (AvgIpc) is 2.92. The Labute approximate surface area is 98.4 Å². The summed E-state index contributed by atoms with van der Waals surface area (Å²) in [5.41, 5.74) is 12.7. The van der Waals surface area contributed by atoms with Crippen LogP contribution in [0.15, 0.2) is 18.2 Å². The van der Waals surface area contributed by atoms with Crippen molar-refractivity contribution >= 4 is 23.2 Å². The SMILES string of the molecule is Nc1ccc2c(c1)CC(=O)N2C(=O)C1(N)CC1. The van der Waals surface area contributed by atoms with Gasteiger partial charge in [-0.1, -0.05) is 0 Å². The number of hydrogen-bond donors (Lipinski definition) is 2. The summed E-state index contributed by atoms with van der Waals surface area (Å²) in [6, 6.07) is 5.13. The zero-order valence-corrected chi connectivity index (χ0v) is 9.27. The van der Waals surface area contributed by atoms with Crippen molar-refractivity contribution in [1.29, 1.82) is 0 Å². The van der Waals surface area contributed by atoms with Gasteiger partial charge in [0.1, 0.15) is 0 Å². The number of carbonyl (C=O) groups excluding carboxylic acids is 2. The molecular formula is C12H13N3O2. The van der Waals surface area contributed by atoms with Gasteiger partial charge in [0, 0.05) is 5.69 Å². The molecule has 0 atom stereocenters. The minimum absolute atomic E-state index is 0.215. The Kier molecular flexibility index (Phi) is 1.86. The zero-order valence-electron chi connectivity index (χ0n) is 9.27. The molecule has 0 bridgehead atoms. The van der Waals surface area contributed by atoms with Gasteiger partial charge in [-0.25, -0.2) is 4.90 Å². The van der Waals surface area contributed by atoms with E-state index in [9.17, 15) is 9.59 Å². The van der Waals surface area contributed by atoms with Crippen LogP contribution in [0.5, 0.6) is 0 Å². The number of rotatable bonds is 1. The van der Waals surface area contributed by atoms with Gasteiger partial charge in [-0.05, 0) is 36.6 Å². The Morgan fingerprint density at radius 1 is 1.35 bits per heavy atom. The average molecular weight is 231 g/mol. The normalized spacial score (nSPS) is 20.3. The molecule has 1 aliphatic heterocycles. The fraction of sp³-hybridized carbons (Fsp3) is 0.333. The molecule has 0 saturated heterocycles. The number of amides is 2. The van der Waals surface area contributed by atoms with Gasteiger partial charge in [0.15, 0.2) is 0 Å². The molecule has 5 nitrogen and oxygen atoms in total. The van der Waals surface area contributed by atoms with Crippen LogP contribution in [0.3, 0.4) is 0 Å². The van der Waals surface area contributed by atoms with Crippen LogP contribution in [-0.2, 0) is 16.0 Å². The first-order valence-electron chi connectivity index (χ1n) is 5.56. The number of nitrogen functional groups attached to an aromatic ring is 1. The lowest BCUT2D eigenvalue weighted by Crippen LogP contribution is -2.47. The first kappa shape index (κ1) is 10.3. The highest BCUT2D eigenvalue weighted by Crippen LogP contribution is 2.39. The summed E-state index contributed by atoms with van der Waals surface area (Å²) in [6.07, 6.45) is 1.53. The van der Waals surface area contributed by atoms with E-state index in [2.05, 4.69) is 0 Å². The summed E-state index contributed by atoms with van der Waals surface area (Å²) in [6.45, 7) is 0. The van der Waals surface area contributed by atoms with Crippen LogP contribution in [0.2, 0.25) is 0 Å². The summed E-state index contributed by atoms with van der Waals surface area (Å²) in [7, 11) is 0. The van der Waals surface area contributed by atoms with Gasteiger partial charge in [-0.15, -0.1) is 0 Å². The number of fused-ring (bicyclic) bond motifs is 1. The van der Waals surface area contributed by atoms with Crippen molar-refractivity contribution in [3.63, 3.8) is 0 Å². The van der Waals surface area contributed by atoms with E-state index in [-0.39, 0.29) is 18.2 Å². The quantitative estimate of drug-likeness (QED) is 0.532. The van der Waals surface area contributed by atoms with Crippen molar-refractivity contribution in [2.24, 2.45) is 5.73 Å². The third-order valence-electron chi connectivity index (χ3n) is 3.35. The highest BCUT2D eigenvalue weighted by molar-refractivity contribution is 6.22. The minimum Gasteiger partial charge on any atom is -0.399 e. The molecule has 1 aromatic carbocycles. The van der Waals surface area contributed by atoms with Crippen molar-refractivity contribution in [1.82, 2.24) is 0 Å². The van der Waals surface area contributed by atoms with E-state index in [1.165, 1.54) is 4.90 Å². The Morgan fingerprint density at radius 3 is 2.71 bits per heavy atom. The molecule has 1 fully saturated rings. The summed E-state index contributed by atoms with van der Waals surface area (Å²) in [4.78, 5) is 25.2. The number of nitrogens with two attached hydrogens (primary N) is 2. The minimum atomic E-state index is -0.821. The molecule has 2 aliphatic rings. The Bertz CT molecular complexity index is 535. The molecule has 4 N–H and O–H groups in total. The highest BCUT2D eigenvalue weighted by Gasteiger charge is 2.51. The van der Waals surface area contributed by atoms with E-state index in [0.29, 0.717) is 24.2 Å². The number of anilines is 2. The third-order valence-corrected chi connectivity index (χ3v) is 3.35. The molecule has 0 aromatic heterocycles. The van der Waals surface area contributed by atoms with Crippen LogP contribution in [0.4, 0.5) is 11.4 Å². The van der Waals surface area contributed by atoms with Gasteiger partial charge >= 0.3 is 0 Å². The second-order valence-corrected chi connectivity index (χ2v) is 4.76.